The second-order valence-electron chi connectivity index (χ2n) is 4.04. The predicted octanol–water partition coefficient (Wildman–Crippen LogP) is 2.70. The maximum Gasteiger partial charge on any atom is 0.128 e. The Labute approximate surface area is 120 Å². The summed E-state index contributed by atoms with van der Waals surface area (Å²) in [6, 6.07) is 4.00. The number of ether oxygens (including phenoxy) is 2. The summed E-state index contributed by atoms with van der Waals surface area (Å²) in [5.41, 5.74) is 1.03. The van der Waals surface area contributed by atoms with Crippen molar-refractivity contribution in [3.63, 3.8) is 0 Å². The quantitative estimate of drug-likeness (QED) is 0.489. The third kappa shape index (κ3) is 6.23. The Balaban J connectivity index is 2.58. The number of pyridine rings is 1. The van der Waals surface area contributed by atoms with Crippen LogP contribution in [0.15, 0.2) is 18.3 Å². The van der Waals surface area contributed by atoms with Gasteiger partial charge in [0.2, 0.25) is 0 Å². The minimum atomic E-state index is 0.491. The van der Waals surface area contributed by atoms with Crippen molar-refractivity contribution < 1.29 is 9.47 Å². The van der Waals surface area contributed by atoms with Crippen LogP contribution in [0.5, 0.6) is 0 Å². The van der Waals surface area contributed by atoms with Crippen molar-refractivity contribution in [3.05, 3.63) is 23.9 Å². The van der Waals surface area contributed by atoms with Crippen LogP contribution in [0.25, 0.3) is 0 Å². The summed E-state index contributed by atoms with van der Waals surface area (Å²) < 4.78 is 10.8. The lowest BCUT2D eigenvalue weighted by Crippen LogP contribution is -2.31. The van der Waals surface area contributed by atoms with E-state index in [-0.39, 0.29) is 0 Å². The van der Waals surface area contributed by atoms with Gasteiger partial charge in [0, 0.05) is 38.4 Å². The van der Waals surface area contributed by atoms with Gasteiger partial charge in [0.1, 0.15) is 5.82 Å². The molecule has 0 fully saturated rings. The van der Waals surface area contributed by atoms with Gasteiger partial charge in [-0.25, -0.2) is 4.98 Å². The second-order valence-corrected chi connectivity index (χ2v) is 4.31. The molecule has 4 nitrogen and oxygen atoms in total. The van der Waals surface area contributed by atoms with Crippen molar-refractivity contribution in [1.29, 1.82) is 0 Å². The Morgan fingerprint density at radius 3 is 2.16 bits per heavy atom. The fourth-order valence-electron chi connectivity index (χ4n) is 1.66. The highest BCUT2D eigenvalue weighted by molar-refractivity contribution is 6.17. The largest absolute Gasteiger partial charge is 0.380 e. The highest BCUT2D eigenvalue weighted by Gasteiger charge is 2.07. The highest BCUT2D eigenvalue weighted by atomic mass is 35.5. The van der Waals surface area contributed by atoms with Gasteiger partial charge in [-0.1, -0.05) is 6.07 Å². The smallest absolute Gasteiger partial charge is 0.128 e. The van der Waals surface area contributed by atoms with Crippen molar-refractivity contribution in [1.82, 2.24) is 4.98 Å². The summed E-state index contributed by atoms with van der Waals surface area (Å²) in [7, 11) is 0. The number of rotatable bonds is 10. The fourth-order valence-corrected chi connectivity index (χ4v) is 1.82. The minimum absolute atomic E-state index is 0.491. The number of alkyl halides is 1. The summed E-state index contributed by atoms with van der Waals surface area (Å²) in [5, 5.41) is 0. The van der Waals surface area contributed by atoms with Crippen LogP contribution in [0.1, 0.15) is 19.4 Å². The molecule has 1 rings (SSSR count). The van der Waals surface area contributed by atoms with Gasteiger partial charge in [-0.15, -0.1) is 11.6 Å². The Hall–Kier alpha value is -0.840. The van der Waals surface area contributed by atoms with Crippen LogP contribution < -0.4 is 4.90 Å². The second kappa shape index (κ2) is 10.0. The molecule has 0 saturated heterocycles. The lowest BCUT2D eigenvalue weighted by molar-refractivity contribution is 0.141. The van der Waals surface area contributed by atoms with Gasteiger partial charge in [0.05, 0.1) is 13.2 Å². The van der Waals surface area contributed by atoms with Gasteiger partial charge < -0.3 is 14.4 Å². The number of halogens is 1. The molecule has 0 aliphatic carbocycles. The molecule has 0 atom stereocenters. The van der Waals surface area contributed by atoms with Gasteiger partial charge in [-0.05, 0) is 25.5 Å². The SMILES string of the molecule is CCOCCN(CCOCC)c1ccc(CCl)cn1. The number of nitrogens with zero attached hydrogens (tertiary/aromatic N) is 2. The fraction of sp³-hybridized carbons (Fsp3) is 0.643. The molecule has 0 aliphatic rings. The molecule has 5 heteroatoms. The molecule has 0 amide bonds. The van der Waals surface area contributed by atoms with Crippen molar-refractivity contribution in [2.24, 2.45) is 0 Å². The molecular weight excluding hydrogens is 264 g/mol. The van der Waals surface area contributed by atoms with Crippen LogP contribution in [0.4, 0.5) is 5.82 Å². The van der Waals surface area contributed by atoms with Crippen LogP contribution in [-0.2, 0) is 15.4 Å². The van der Waals surface area contributed by atoms with Gasteiger partial charge >= 0.3 is 0 Å². The van der Waals surface area contributed by atoms with Crippen molar-refractivity contribution in [2.75, 3.05) is 44.4 Å². The average Bonchev–Trinajstić information content (AvgIpc) is 2.46. The van der Waals surface area contributed by atoms with E-state index < -0.39 is 0 Å². The molecule has 0 unspecified atom stereocenters. The van der Waals surface area contributed by atoms with Crippen LogP contribution in [0.3, 0.4) is 0 Å². The third-order valence-corrected chi connectivity index (χ3v) is 3.02. The summed E-state index contributed by atoms with van der Waals surface area (Å²) in [6.07, 6.45) is 1.82. The van der Waals surface area contributed by atoms with E-state index in [0.717, 1.165) is 37.7 Å². The first-order valence-corrected chi connectivity index (χ1v) is 7.26. The van der Waals surface area contributed by atoms with E-state index in [1.54, 1.807) is 0 Å². The van der Waals surface area contributed by atoms with E-state index in [1.165, 1.54) is 0 Å². The first-order chi connectivity index (χ1) is 9.31. The van der Waals surface area contributed by atoms with E-state index in [2.05, 4.69) is 9.88 Å². The van der Waals surface area contributed by atoms with Crippen LogP contribution >= 0.6 is 11.6 Å². The van der Waals surface area contributed by atoms with E-state index in [9.17, 15) is 0 Å². The molecular formula is C14H23ClN2O2. The van der Waals surface area contributed by atoms with E-state index in [0.29, 0.717) is 19.1 Å². The first-order valence-electron chi connectivity index (χ1n) is 6.73. The van der Waals surface area contributed by atoms with E-state index >= 15 is 0 Å². The summed E-state index contributed by atoms with van der Waals surface area (Å²) >= 11 is 5.77. The molecule has 19 heavy (non-hydrogen) atoms. The molecule has 108 valence electrons. The van der Waals surface area contributed by atoms with Crippen LogP contribution in [-0.4, -0.2) is 44.5 Å². The molecule has 1 heterocycles. The van der Waals surface area contributed by atoms with E-state index in [1.807, 2.05) is 32.2 Å². The molecule has 0 spiro atoms. The average molecular weight is 287 g/mol. The lowest BCUT2D eigenvalue weighted by Gasteiger charge is -2.23. The molecule has 0 bridgehead atoms. The van der Waals surface area contributed by atoms with Crippen molar-refractivity contribution in [2.45, 2.75) is 19.7 Å². The zero-order valence-corrected chi connectivity index (χ0v) is 12.5. The van der Waals surface area contributed by atoms with Crippen LogP contribution in [0.2, 0.25) is 0 Å². The molecule has 0 aromatic carbocycles. The molecule has 1 aromatic rings. The zero-order chi connectivity index (χ0) is 13.9. The third-order valence-electron chi connectivity index (χ3n) is 2.71. The van der Waals surface area contributed by atoms with Gasteiger partial charge in [0.15, 0.2) is 0 Å². The zero-order valence-electron chi connectivity index (χ0n) is 11.8. The standard InChI is InChI=1S/C14H23ClN2O2/c1-3-18-9-7-17(8-10-19-4-2)14-6-5-13(11-15)12-16-14/h5-6,12H,3-4,7-11H2,1-2H3. The Kier molecular flexibility index (Phi) is 8.54. The molecule has 0 saturated carbocycles. The lowest BCUT2D eigenvalue weighted by atomic mass is 10.3. The Bertz CT molecular complexity index is 323. The van der Waals surface area contributed by atoms with Crippen molar-refractivity contribution in [3.8, 4) is 0 Å². The number of aromatic nitrogens is 1. The molecule has 1 aromatic heterocycles. The van der Waals surface area contributed by atoms with Gasteiger partial charge in [-0.3, -0.25) is 0 Å². The first kappa shape index (κ1) is 16.2. The van der Waals surface area contributed by atoms with E-state index in [4.69, 9.17) is 21.1 Å². The normalized spacial score (nSPS) is 10.7. The van der Waals surface area contributed by atoms with Crippen LogP contribution in [0, 0.1) is 0 Å². The highest BCUT2D eigenvalue weighted by Crippen LogP contribution is 2.12. The summed E-state index contributed by atoms with van der Waals surface area (Å²) in [5.74, 6) is 1.43. The molecule has 0 N–H and O–H groups in total. The number of hydrogen-bond donors (Lipinski definition) is 0. The summed E-state index contributed by atoms with van der Waals surface area (Å²) in [4.78, 5) is 6.61. The molecule has 0 aliphatic heterocycles. The topological polar surface area (TPSA) is 34.6 Å². The summed E-state index contributed by atoms with van der Waals surface area (Å²) in [6.45, 7) is 8.48. The predicted molar refractivity (Wildman–Crippen MR) is 79.0 cm³/mol. The number of hydrogen-bond acceptors (Lipinski definition) is 4. The Morgan fingerprint density at radius 2 is 1.74 bits per heavy atom. The maximum absolute atomic E-state index is 5.77. The molecule has 0 radical (unpaired) electrons. The van der Waals surface area contributed by atoms with Gasteiger partial charge in [0.25, 0.3) is 0 Å². The van der Waals surface area contributed by atoms with Crippen molar-refractivity contribution >= 4 is 17.4 Å². The maximum atomic E-state index is 5.77. The Morgan fingerprint density at radius 1 is 1.11 bits per heavy atom. The minimum Gasteiger partial charge on any atom is -0.380 e. The monoisotopic (exact) mass is 286 g/mol. The van der Waals surface area contributed by atoms with Gasteiger partial charge in [-0.2, -0.15) is 0 Å². The number of anilines is 1.